The first-order valence-electron chi connectivity index (χ1n) is 12.0. The van der Waals surface area contributed by atoms with Crippen LogP contribution < -0.4 is 5.32 Å². The lowest BCUT2D eigenvalue weighted by Crippen LogP contribution is -2.20. The van der Waals surface area contributed by atoms with Gasteiger partial charge < -0.3 is 5.32 Å². The number of nitrogens with one attached hydrogen (secondary N) is 1. The summed E-state index contributed by atoms with van der Waals surface area (Å²) in [5, 5.41) is 2.78. The van der Waals surface area contributed by atoms with Crippen molar-refractivity contribution in [3.63, 3.8) is 0 Å². The van der Waals surface area contributed by atoms with E-state index in [-0.39, 0.29) is 54.0 Å². The van der Waals surface area contributed by atoms with Crippen LogP contribution >= 0.6 is 0 Å². The van der Waals surface area contributed by atoms with E-state index in [1.807, 2.05) is 20.8 Å². The molecule has 9 heteroatoms. The number of halogens is 3. The van der Waals surface area contributed by atoms with Gasteiger partial charge in [-0.25, -0.2) is 23.1 Å². The molecule has 3 aromatic rings. The van der Waals surface area contributed by atoms with E-state index in [4.69, 9.17) is 0 Å². The average molecular weight is 500 g/mol. The first-order chi connectivity index (χ1) is 16.9. The maximum atomic E-state index is 14.6. The Morgan fingerprint density at radius 3 is 2.33 bits per heavy atom. The van der Waals surface area contributed by atoms with Crippen molar-refractivity contribution >= 4 is 11.6 Å². The second-order valence-electron chi connectivity index (χ2n) is 10.3. The van der Waals surface area contributed by atoms with Crippen molar-refractivity contribution in [3.05, 3.63) is 65.9 Å². The van der Waals surface area contributed by atoms with Crippen molar-refractivity contribution in [2.45, 2.75) is 71.6 Å². The van der Waals surface area contributed by atoms with Gasteiger partial charge in [0.15, 0.2) is 0 Å². The molecule has 0 aliphatic carbocycles. The lowest BCUT2D eigenvalue weighted by Gasteiger charge is -2.19. The molecule has 36 heavy (non-hydrogen) atoms. The third kappa shape index (κ3) is 7.08. The monoisotopic (exact) mass is 499 g/mol. The molecule has 0 aromatic carbocycles. The molecule has 0 saturated carbocycles. The van der Waals surface area contributed by atoms with E-state index < -0.39 is 17.6 Å². The maximum absolute atomic E-state index is 14.6. The van der Waals surface area contributed by atoms with Crippen LogP contribution in [0.15, 0.2) is 43.0 Å². The highest BCUT2D eigenvalue weighted by Gasteiger charge is 2.29. The molecule has 0 atom stereocenters. The fourth-order valence-corrected chi connectivity index (χ4v) is 3.85. The van der Waals surface area contributed by atoms with Crippen molar-refractivity contribution < 1.29 is 18.0 Å². The Bertz CT molecular complexity index is 1190. The Balaban J connectivity index is 1.92. The van der Waals surface area contributed by atoms with Crippen molar-refractivity contribution in [2.24, 2.45) is 5.92 Å². The van der Waals surface area contributed by atoms with Gasteiger partial charge in [0, 0.05) is 48.6 Å². The first kappa shape index (κ1) is 27.2. The van der Waals surface area contributed by atoms with Crippen molar-refractivity contribution in [2.75, 3.05) is 5.32 Å². The van der Waals surface area contributed by atoms with E-state index in [1.54, 1.807) is 13.8 Å². The lowest BCUT2D eigenvalue weighted by atomic mass is 9.96. The van der Waals surface area contributed by atoms with E-state index in [0.717, 1.165) is 0 Å². The van der Waals surface area contributed by atoms with Crippen LogP contribution in [0.5, 0.6) is 0 Å². The van der Waals surface area contributed by atoms with Crippen LogP contribution in [0.25, 0.3) is 11.3 Å². The summed E-state index contributed by atoms with van der Waals surface area (Å²) in [6.07, 6.45) is 5.55. The zero-order chi connectivity index (χ0) is 26.5. The Morgan fingerprint density at radius 1 is 1.03 bits per heavy atom. The van der Waals surface area contributed by atoms with E-state index >= 15 is 0 Å². The van der Waals surface area contributed by atoms with E-state index in [2.05, 4.69) is 25.3 Å². The van der Waals surface area contributed by atoms with Crippen molar-refractivity contribution in [1.29, 1.82) is 0 Å². The van der Waals surface area contributed by atoms with E-state index in [9.17, 15) is 18.0 Å². The number of aryl methyl sites for hydroxylation is 1. The molecular weight excluding hydrogens is 467 g/mol. The molecule has 1 amide bonds. The first-order valence-corrected chi connectivity index (χ1v) is 12.0. The van der Waals surface area contributed by atoms with Gasteiger partial charge in [-0.1, -0.05) is 34.6 Å². The fourth-order valence-electron chi connectivity index (χ4n) is 3.85. The number of carbonyl (C=O) groups excluding carboxylic acids is 1. The number of aromatic nitrogens is 4. The SMILES string of the molecule is CC(C)CC(F)(F)CCCc1nccc(-c2ncccc2F)c1NC(=O)c1cnc(C(C)(C)C)nc1. The highest BCUT2D eigenvalue weighted by atomic mass is 19.3. The number of hydrogen-bond acceptors (Lipinski definition) is 5. The second kappa shape index (κ2) is 11.1. The fraction of sp³-hybridized carbons (Fsp3) is 0.444. The van der Waals surface area contributed by atoms with Crippen LogP contribution in [0, 0.1) is 11.7 Å². The predicted octanol–water partition coefficient (Wildman–Crippen LogP) is 6.63. The highest BCUT2D eigenvalue weighted by molar-refractivity contribution is 6.06. The number of alkyl halides is 2. The largest absolute Gasteiger partial charge is 0.320 e. The molecule has 0 fully saturated rings. The van der Waals surface area contributed by atoms with Crippen LogP contribution in [-0.2, 0) is 11.8 Å². The normalized spacial score (nSPS) is 12.1. The molecule has 3 aromatic heterocycles. The summed E-state index contributed by atoms with van der Waals surface area (Å²) in [6.45, 7) is 9.39. The molecule has 6 nitrogen and oxygen atoms in total. The quantitative estimate of drug-likeness (QED) is 0.358. The van der Waals surface area contributed by atoms with Gasteiger partial charge >= 0.3 is 0 Å². The molecule has 0 aliphatic heterocycles. The Labute approximate surface area is 209 Å². The summed E-state index contributed by atoms with van der Waals surface area (Å²) in [5.74, 6) is -3.44. The number of pyridine rings is 2. The van der Waals surface area contributed by atoms with Gasteiger partial charge in [-0.05, 0) is 37.0 Å². The molecule has 0 spiro atoms. The summed E-state index contributed by atoms with van der Waals surface area (Å²) >= 11 is 0. The van der Waals surface area contributed by atoms with E-state index in [1.165, 1.54) is 43.0 Å². The van der Waals surface area contributed by atoms with Gasteiger partial charge in [0.05, 0.1) is 16.9 Å². The second-order valence-corrected chi connectivity index (χ2v) is 10.3. The van der Waals surface area contributed by atoms with Gasteiger partial charge in [-0.3, -0.25) is 14.8 Å². The summed E-state index contributed by atoms with van der Waals surface area (Å²) in [6, 6.07) is 4.26. The molecule has 3 rings (SSSR count). The third-order valence-electron chi connectivity index (χ3n) is 5.53. The van der Waals surface area contributed by atoms with Crippen LogP contribution in [0.4, 0.5) is 18.9 Å². The minimum atomic E-state index is -2.80. The minimum Gasteiger partial charge on any atom is -0.320 e. The molecule has 0 unspecified atom stereocenters. The van der Waals surface area contributed by atoms with Gasteiger partial charge in [-0.2, -0.15) is 0 Å². The van der Waals surface area contributed by atoms with Crippen molar-refractivity contribution in [3.8, 4) is 11.3 Å². The molecule has 0 aliphatic rings. The number of rotatable bonds is 9. The van der Waals surface area contributed by atoms with Gasteiger partial charge in [0.2, 0.25) is 5.92 Å². The standard InChI is InChI=1S/C27H32F3N5O/c1-17(2)14-27(29,30)11-6-9-21-23(19(10-13-31-21)22-20(28)8-7-12-32-22)35-24(36)18-15-33-25(34-16-18)26(3,4)5/h7-8,10,12-13,15-17H,6,9,11,14H2,1-5H3,(H,35,36). The molecular formula is C27H32F3N5O. The summed E-state index contributed by atoms with van der Waals surface area (Å²) in [5.41, 5.74) is 0.861. The third-order valence-corrected chi connectivity index (χ3v) is 5.53. The zero-order valence-corrected chi connectivity index (χ0v) is 21.3. The molecule has 3 heterocycles. The zero-order valence-electron chi connectivity index (χ0n) is 21.3. The smallest absolute Gasteiger partial charge is 0.258 e. The number of amides is 1. The molecule has 0 saturated heterocycles. The van der Waals surface area contributed by atoms with Gasteiger partial charge in [0.25, 0.3) is 5.91 Å². The van der Waals surface area contributed by atoms with Gasteiger partial charge in [0.1, 0.15) is 17.3 Å². The predicted molar refractivity (Wildman–Crippen MR) is 133 cm³/mol. The summed E-state index contributed by atoms with van der Waals surface area (Å²) in [7, 11) is 0. The Kier molecular flexibility index (Phi) is 8.43. The average Bonchev–Trinajstić information content (AvgIpc) is 2.79. The number of anilines is 1. The lowest BCUT2D eigenvalue weighted by molar-refractivity contribution is -0.0285. The van der Waals surface area contributed by atoms with Crippen molar-refractivity contribution in [1.82, 2.24) is 19.9 Å². The number of hydrogen-bond donors (Lipinski definition) is 1. The Hall–Kier alpha value is -3.36. The minimum absolute atomic E-state index is 0.0286. The number of carbonyl (C=O) groups is 1. The summed E-state index contributed by atoms with van der Waals surface area (Å²) in [4.78, 5) is 30.1. The molecule has 0 radical (unpaired) electrons. The summed E-state index contributed by atoms with van der Waals surface area (Å²) < 4.78 is 43.1. The maximum Gasteiger partial charge on any atom is 0.258 e. The van der Waals surface area contributed by atoms with Crippen LogP contribution in [0.2, 0.25) is 0 Å². The van der Waals surface area contributed by atoms with Crippen LogP contribution in [0.3, 0.4) is 0 Å². The topological polar surface area (TPSA) is 80.7 Å². The number of nitrogens with zero attached hydrogens (tertiary/aromatic N) is 4. The van der Waals surface area contributed by atoms with Gasteiger partial charge in [-0.15, -0.1) is 0 Å². The molecule has 192 valence electrons. The molecule has 1 N–H and O–H groups in total. The molecule has 0 bridgehead atoms. The van der Waals surface area contributed by atoms with Crippen LogP contribution in [0.1, 0.15) is 75.8 Å². The highest BCUT2D eigenvalue weighted by Crippen LogP contribution is 2.33. The Morgan fingerprint density at radius 2 is 1.72 bits per heavy atom. The van der Waals surface area contributed by atoms with Crippen LogP contribution in [-0.4, -0.2) is 31.8 Å². The van der Waals surface area contributed by atoms with E-state index in [0.29, 0.717) is 17.1 Å².